The van der Waals surface area contributed by atoms with E-state index >= 15 is 0 Å². The zero-order valence-electron chi connectivity index (χ0n) is 17.6. The molecule has 0 amide bonds. The molecule has 15 nitrogen and oxygen atoms in total. The molecule has 3 rings (SSSR count). The highest BCUT2D eigenvalue weighted by Gasteiger charge is 2.53. The molecule has 0 aromatic rings. The fourth-order valence-electron chi connectivity index (χ4n) is 3.97. The molecule has 33 heavy (non-hydrogen) atoms. The minimum absolute atomic E-state index is 0.747. The first-order valence-electron chi connectivity index (χ1n) is 10.4. The molecule has 0 unspecified atom stereocenters. The molecule has 194 valence electrons. The van der Waals surface area contributed by atoms with Crippen LogP contribution in [0.5, 0.6) is 0 Å². The third-order valence-corrected chi connectivity index (χ3v) is 6.06. The van der Waals surface area contributed by atoms with Crippen LogP contribution in [0.3, 0.4) is 0 Å². The maximum atomic E-state index is 10.6. The van der Waals surface area contributed by atoms with Crippen molar-refractivity contribution in [1.82, 2.24) is 0 Å². The Morgan fingerprint density at radius 3 is 1.61 bits per heavy atom. The van der Waals surface area contributed by atoms with Crippen LogP contribution in [-0.2, 0) is 23.7 Å². The zero-order valence-corrected chi connectivity index (χ0v) is 17.6. The van der Waals surface area contributed by atoms with E-state index in [4.69, 9.17) is 23.7 Å². The second kappa shape index (κ2) is 11.0. The van der Waals surface area contributed by atoms with Crippen LogP contribution in [-0.4, -0.2) is 156 Å². The van der Waals surface area contributed by atoms with Gasteiger partial charge in [0.1, 0.15) is 67.1 Å². The molecule has 0 aromatic heterocycles. The number of aliphatic hydroxyl groups is 10. The molecule has 10 N–H and O–H groups in total. The highest BCUT2D eigenvalue weighted by Crippen LogP contribution is 2.32. The van der Waals surface area contributed by atoms with Crippen LogP contribution in [0.1, 0.15) is 6.92 Å². The largest absolute Gasteiger partial charge is 0.394 e. The Kier molecular flexibility index (Phi) is 8.99. The second-order valence-electron chi connectivity index (χ2n) is 8.32. The summed E-state index contributed by atoms with van der Waals surface area (Å²) in [5.74, 6) is 0. The molecule has 3 saturated heterocycles. The van der Waals surface area contributed by atoms with E-state index in [1.165, 1.54) is 6.92 Å². The first-order chi connectivity index (χ1) is 15.5. The predicted octanol–water partition coefficient (Wildman–Crippen LogP) is -6.55. The second-order valence-corrected chi connectivity index (χ2v) is 8.32. The topological polar surface area (TPSA) is 248 Å². The van der Waals surface area contributed by atoms with Crippen molar-refractivity contribution in [1.29, 1.82) is 0 Å². The summed E-state index contributed by atoms with van der Waals surface area (Å²) >= 11 is 0. The van der Waals surface area contributed by atoms with Gasteiger partial charge in [0.25, 0.3) is 0 Å². The first-order valence-corrected chi connectivity index (χ1v) is 10.4. The van der Waals surface area contributed by atoms with Crippen molar-refractivity contribution in [2.45, 2.75) is 99.0 Å². The van der Waals surface area contributed by atoms with E-state index in [0.29, 0.717) is 0 Å². The van der Waals surface area contributed by atoms with Gasteiger partial charge in [0.2, 0.25) is 0 Å². The Balaban J connectivity index is 1.82. The van der Waals surface area contributed by atoms with E-state index in [-0.39, 0.29) is 0 Å². The van der Waals surface area contributed by atoms with Gasteiger partial charge in [-0.2, -0.15) is 0 Å². The Hall–Kier alpha value is -0.600. The van der Waals surface area contributed by atoms with E-state index < -0.39 is 105 Å². The average molecular weight is 488 g/mol. The molecule has 0 spiro atoms. The van der Waals surface area contributed by atoms with Crippen molar-refractivity contribution in [3.05, 3.63) is 0 Å². The number of ether oxygens (including phenoxy) is 5. The quantitative estimate of drug-likeness (QED) is 0.167. The fraction of sp³-hybridized carbons (Fsp3) is 1.00. The van der Waals surface area contributed by atoms with Crippen molar-refractivity contribution in [2.24, 2.45) is 0 Å². The lowest BCUT2D eigenvalue weighted by Crippen LogP contribution is -2.66. The monoisotopic (exact) mass is 488 g/mol. The van der Waals surface area contributed by atoms with Gasteiger partial charge in [-0.1, -0.05) is 0 Å². The molecule has 0 bridgehead atoms. The van der Waals surface area contributed by atoms with Crippen LogP contribution in [0.25, 0.3) is 0 Å². The van der Waals surface area contributed by atoms with Crippen LogP contribution in [0, 0.1) is 0 Å². The maximum absolute atomic E-state index is 10.6. The lowest BCUT2D eigenvalue weighted by molar-refractivity contribution is -0.386. The summed E-state index contributed by atoms with van der Waals surface area (Å²) in [6.07, 6.45) is -24.1. The van der Waals surface area contributed by atoms with E-state index in [1.54, 1.807) is 0 Å². The Labute approximate surface area is 187 Å². The maximum Gasteiger partial charge on any atom is 0.187 e. The van der Waals surface area contributed by atoms with E-state index in [9.17, 15) is 51.1 Å². The molecule has 3 aliphatic heterocycles. The number of rotatable bonds is 6. The van der Waals surface area contributed by atoms with Gasteiger partial charge in [-0.05, 0) is 6.92 Å². The van der Waals surface area contributed by atoms with E-state index in [1.807, 2.05) is 0 Å². The average Bonchev–Trinajstić information content (AvgIpc) is 2.79. The summed E-state index contributed by atoms with van der Waals surface area (Å²) < 4.78 is 26.7. The SMILES string of the molecule is C[C@@H]1O[C@@H](O[C@H]2[C@H](O[C@@H]3O[C@H](CO)[C@H](O)[C@H](O)[C@@H]3O)[C@@H](O)[C@@H](CO)O[C@@H]2O)[C@@H](O)[C@H](O)[C@@H]1O. The summed E-state index contributed by atoms with van der Waals surface area (Å²) in [6.45, 7) is -0.115. The summed E-state index contributed by atoms with van der Waals surface area (Å²) in [5.41, 5.74) is 0. The minimum atomic E-state index is -1.88. The van der Waals surface area contributed by atoms with Crippen molar-refractivity contribution in [2.75, 3.05) is 13.2 Å². The van der Waals surface area contributed by atoms with E-state index in [0.717, 1.165) is 0 Å². The summed E-state index contributed by atoms with van der Waals surface area (Å²) in [6, 6.07) is 0. The van der Waals surface area contributed by atoms with Crippen molar-refractivity contribution in [3.8, 4) is 0 Å². The van der Waals surface area contributed by atoms with Crippen molar-refractivity contribution >= 4 is 0 Å². The molecule has 0 saturated carbocycles. The molecule has 0 aromatic carbocycles. The van der Waals surface area contributed by atoms with Gasteiger partial charge in [-0.25, -0.2) is 0 Å². The van der Waals surface area contributed by atoms with Crippen LogP contribution in [0.2, 0.25) is 0 Å². The Morgan fingerprint density at radius 2 is 1.03 bits per heavy atom. The van der Waals surface area contributed by atoms with Crippen LogP contribution in [0.4, 0.5) is 0 Å². The third-order valence-electron chi connectivity index (χ3n) is 6.06. The van der Waals surface area contributed by atoms with Crippen LogP contribution in [0.15, 0.2) is 0 Å². The normalized spacial score (nSPS) is 53.7. The highest BCUT2D eigenvalue weighted by molar-refractivity contribution is 4.96. The molecular weight excluding hydrogens is 456 g/mol. The van der Waals surface area contributed by atoms with E-state index in [2.05, 4.69) is 0 Å². The van der Waals surface area contributed by atoms with Gasteiger partial charge in [0, 0.05) is 0 Å². The van der Waals surface area contributed by atoms with Gasteiger partial charge in [-0.3, -0.25) is 0 Å². The number of aliphatic hydroxyl groups excluding tert-OH is 10. The molecule has 0 aliphatic carbocycles. The first kappa shape index (κ1) is 27.0. The minimum Gasteiger partial charge on any atom is -0.394 e. The standard InChI is InChI=1S/C18H32O15/c1-4-7(21)10(24)12(26)17(29-4)33-15-14(9(23)6(3-20)30-16(15)28)32-18-13(27)11(25)8(22)5(2-19)31-18/h4-28H,2-3H2,1H3/t4-,5+,6+,7+,8-,9-,10+,11-,12-,13-,14+,15-,16-,17-,18-/m0/s1. The van der Waals surface area contributed by atoms with Crippen LogP contribution < -0.4 is 0 Å². The molecule has 3 fully saturated rings. The predicted molar refractivity (Wildman–Crippen MR) is 99.8 cm³/mol. The van der Waals surface area contributed by atoms with Gasteiger partial charge in [0.15, 0.2) is 18.9 Å². The fourth-order valence-corrected chi connectivity index (χ4v) is 3.97. The Bertz CT molecular complexity index is 624. The summed E-state index contributed by atoms with van der Waals surface area (Å²) in [4.78, 5) is 0. The lowest BCUT2D eigenvalue weighted by Gasteiger charge is -2.48. The molecular formula is C18H32O15. The molecule has 3 heterocycles. The van der Waals surface area contributed by atoms with Gasteiger partial charge in [-0.15, -0.1) is 0 Å². The summed E-state index contributed by atoms with van der Waals surface area (Å²) in [7, 11) is 0. The third kappa shape index (κ3) is 5.32. The lowest BCUT2D eigenvalue weighted by atomic mass is 9.96. The molecule has 3 aliphatic rings. The molecule has 15 atom stereocenters. The summed E-state index contributed by atoms with van der Waals surface area (Å²) in [5, 5.41) is 100.0. The van der Waals surface area contributed by atoms with Crippen molar-refractivity contribution in [3.63, 3.8) is 0 Å². The van der Waals surface area contributed by atoms with Gasteiger partial charge >= 0.3 is 0 Å². The van der Waals surface area contributed by atoms with Gasteiger partial charge < -0.3 is 74.7 Å². The van der Waals surface area contributed by atoms with Crippen molar-refractivity contribution < 1.29 is 74.7 Å². The highest BCUT2D eigenvalue weighted by atomic mass is 16.8. The molecule has 0 radical (unpaired) electrons. The zero-order chi connectivity index (χ0) is 24.6. The molecule has 15 heteroatoms. The number of hydrogen-bond donors (Lipinski definition) is 10. The smallest absolute Gasteiger partial charge is 0.187 e. The van der Waals surface area contributed by atoms with Gasteiger partial charge in [0.05, 0.1) is 19.3 Å². The van der Waals surface area contributed by atoms with Crippen LogP contribution >= 0.6 is 0 Å². The number of hydrogen-bond acceptors (Lipinski definition) is 15. The Morgan fingerprint density at radius 1 is 0.545 bits per heavy atom.